The van der Waals surface area contributed by atoms with Crippen LogP contribution in [0.2, 0.25) is 0 Å². The molecule has 6 nitrogen and oxygen atoms in total. The molecule has 4 rings (SSSR count). The van der Waals surface area contributed by atoms with E-state index in [-0.39, 0.29) is 18.0 Å². The van der Waals surface area contributed by atoms with Crippen LogP contribution in [0.3, 0.4) is 0 Å². The second-order valence-corrected chi connectivity index (χ2v) is 6.96. The minimum atomic E-state index is -0.0522. The minimum absolute atomic E-state index is 0.0522. The molecule has 1 saturated heterocycles. The standard InChI is InChI=1S/C19H24N4O2/c1-22-12-14(11-20-22)19(24)21-17-8-9-23(15-6-7-15)18(17)13-4-3-5-16(10-13)25-2/h3-5,10-12,15,17-18H,6-9H2,1-2H3,(H,21,24)/t17-,18+/m0/s1. The maximum Gasteiger partial charge on any atom is 0.254 e. The molecule has 2 fully saturated rings. The van der Waals surface area contributed by atoms with Crippen LogP contribution in [0, 0.1) is 0 Å². The van der Waals surface area contributed by atoms with Gasteiger partial charge in [0.1, 0.15) is 5.75 Å². The Morgan fingerprint density at radius 3 is 2.84 bits per heavy atom. The van der Waals surface area contributed by atoms with Gasteiger partial charge in [-0.3, -0.25) is 14.4 Å². The number of hydrogen-bond acceptors (Lipinski definition) is 4. The van der Waals surface area contributed by atoms with Gasteiger partial charge in [0, 0.05) is 25.8 Å². The molecular formula is C19H24N4O2. The molecule has 0 unspecified atom stereocenters. The number of amides is 1. The fraction of sp³-hybridized carbons (Fsp3) is 0.474. The molecule has 25 heavy (non-hydrogen) atoms. The number of methoxy groups -OCH3 is 1. The van der Waals surface area contributed by atoms with Gasteiger partial charge in [-0.15, -0.1) is 0 Å². The van der Waals surface area contributed by atoms with Crippen LogP contribution in [-0.4, -0.2) is 46.3 Å². The van der Waals surface area contributed by atoms with Crippen molar-refractivity contribution in [3.05, 3.63) is 47.8 Å². The molecule has 1 amide bonds. The number of nitrogens with one attached hydrogen (secondary N) is 1. The molecule has 6 heteroatoms. The van der Waals surface area contributed by atoms with E-state index < -0.39 is 0 Å². The molecule has 2 heterocycles. The first-order valence-corrected chi connectivity index (χ1v) is 8.85. The van der Waals surface area contributed by atoms with Crippen LogP contribution < -0.4 is 10.1 Å². The van der Waals surface area contributed by atoms with Gasteiger partial charge in [-0.05, 0) is 37.0 Å². The van der Waals surface area contributed by atoms with Crippen molar-refractivity contribution in [2.45, 2.75) is 37.4 Å². The lowest BCUT2D eigenvalue weighted by Gasteiger charge is -2.29. The van der Waals surface area contributed by atoms with Gasteiger partial charge in [0.2, 0.25) is 0 Å². The Bertz CT molecular complexity index is 768. The first-order chi connectivity index (χ1) is 12.2. The highest BCUT2D eigenvalue weighted by molar-refractivity contribution is 5.94. The third-order valence-corrected chi connectivity index (χ3v) is 5.17. The monoisotopic (exact) mass is 340 g/mol. The molecule has 1 aromatic heterocycles. The van der Waals surface area contributed by atoms with Gasteiger partial charge in [0.25, 0.3) is 5.91 Å². The van der Waals surface area contributed by atoms with E-state index in [2.05, 4.69) is 27.4 Å². The lowest BCUT2D eigenvalue weighted by molar-refractivity contribution is 0.0923. The van der Waals surface area contributed by atoms with Crippen molar-refractivity contribution < 1.29 is 9.53 Å². The second kappa shape index (κ2) is 6.52. The normalized spacial score (nSPS) is 23.6. The molecule has 2 aliphatic rings. The zero-order chi connectivity index (χ0) is 17.4. The molecule has 1 aromatic carbocycles. The topological polar surface area (TPSA) is 59.4 Å². The van der Waals surface area contributed by atoms with E-state index in [4.69, 9.17) is 4.74 Å². The molecule has 1 N–H and O–H groups in total. The molecule has 1 aliphatic carbocycles. The zero-order valence-electron chi connectivity index (χ0n) is 14.7. The molecule has 1 aliphatic heterocycles. The van der Waals surface area contributed by atoms with Gasteiger partial charge in [-0.25, -0.2) is 0 Å². The van der Waals surface area contributed by atoms with Gasteiger partial charge < -0.3 is 10.1 Å². The molecule has 0 bridgehead atoms. The number of aromatic nitrogens is 2. The molecule has 0 radical (unpaired) electrons. The lowest BCUT2D eigenvalue weighted by atomic mass is 9.99. The Morgan fingerprint density at radius 1 is 1.32 bits per heavy atom. The molecule has 2 aromatic rings. The van der Waals surface area contributed by atoms with Crippen molar-refractivity contribution in [1.29, 1.82) is 0 Å². The highest BCUT2D eigenvalue weighted by atomic mass is 16.5. The average Bonchev–Trinajstić information content (AvgIpc) is 3.24. The quantitative estimate of drug-likeness (QED) is 0.906. The summed E-state index contributed by atoms with van der Waals surface area (Å²) in [7, 11) is 3.51. The van der Waals surface area contributed by atoms with Gasteiger partial charge in [0.05, 0.1) is 31.0 Å². The summed E-state index contributed by atoms with van der Waals surface area (Å²) in [6.45, 7) is 1.02. The first-order valence-electron chi connectivity index (χ1n) is 8.85. The Kier molecular flexibility index (Phi) is 4.21. The van der Waals surface area contributed by atoms with E-state index in [1.165, 1.54) is 18.4 Å². The summed E-state index contributed by atoms with van der Waals surface area (Å²) < 4.78 is 7.05. The summed E-state index contributed by atoms with van der Waals surface area (Å²) in [6, 6.07) is 9.16. The van der Waals surface area contributed by atoms with Crippen LogP contribution in [0.15, 0.2) is 36.7 Å². The number of ether oxygens (including phenoxy) is 1. The maximum atomic E-state index is 12.6. The van der Waals surface area contributed by atoms with Crippen LogP contribution >= 0.6 is 0 Å². The largest absolute Gasteiger partial charge is 0.497 e. The summed E-state index contributed by atoms with van der Waals surface area (Å²) in [5.41, 5.74) is 1.82. The number of likely N-dealkylation sites (tertiary alicyclic amines) is 1. The van der Waals surface area contributed by atoms with Crippen LogP contribution in [0.5, 0.6) is 5.75 Å². The first kappa shape index (κ1) is 16.1. The van der Waals surface area contributed by atoms with Gasteiger partial charge in [-0.2, -0.15) is 5.10 Å². The van der Waals surface area contributed by atoms with Crippen LogP contribution in [-0.2, 0) is 7.05 Å². The van der Waals surface area contributed by atoms with Crippen molar-refractivity contribution in [1.82, 2.24) is 20.0 Å². The number of nitrogens with zero attached hydrogens (tertiary/aromatic N) is 3. The van der Waals surface area contributed by atoms with Crippen LogP contribution in [0.4, 0.5) is 0 Å². The molecule has 1 saturated carbocycles. The number of aryl methyl sites for hydroxylation is 1. The van der Waals surface area contributed by atoms with Crippen molar-refractivity contribution in [3.8, 4) is 5.75 Å². The summed E-state index contributed by atoms with van der Waals surface area (Å²) in [6.07, 6.45) is 6.84. The Morgan fingerprint density at radius 2 is 2.16 bits per heavy atom. The number of rotatable bonds is 5. The van der Waals surface area contributed by atoms with Crippen LogP contribution in [0.25, 0.3) is 0 Å². The van der Waals surface area contributed by atoms with Gasteiger partial charge in [0.15, 0.2) is 0 Å². The van der Waals surface area contributed by atoms with Gasteiger partial charge >= 0.3 is 0 Å². The van der Waals surface area contributed by atoms with Crippen molar-refractivity contribution in [2.24, 2.45) is 7.05 Å². The predicted octanol–water partition coefficient (Wildman–Crippen LogP) is 2.14. The number of benzene rings is 1. The van der Waals surface area contributed by atoms with E-state index in [1.807, 2.05) is 19.2 Å². The van der Waals surface area contributed by atoms with Crippen molar-refractivity contribution in [2.75, 3.05) is 13.7 Å². The zero-order valence-corrected chi connectivity index (χ0v) is 14.7. The van der Waals surface area contributed by atoms with E-state index in [0.29, 0.717) is 11.6 Å². The average molecular weight is 340 g/mol. The highest BCUT2D eigenvalue weighted by Crippen LogP contribution is 2.41. The predicted molar refractivity (Wildman–Crippen MR) is 94.5 cm³/mol. The molecule has 132 valence electrons. The Balaban J connectivity index is 1.58. The molecule has 2 atom stereocenters. The van der Waals surface area contributed by atoms with Gasteiger partial charge in [-0.1, -0.05) is 12.1 Å². The second-order valence-electron chi connectivity index (χ2n) is 6.96. The van der Waals surface area contributed by atoms with E-state index in [1.54, 1.807) is 24.2 Å². The smallest absolute Gasteiger partial charge is 0.254 e. The SMILES string of the molecule is COc1cccc([C@@H]2[C@@H](NC(=O)c3cnn(C)c3)CCN2C2CC2)c1. The maximum absolute atomic E-state index is 12.6. The van der Waals surface area contributed by atoms with E-state index >= 15 is 0 Å². The lowest BCUT2D eigenvalue weighted by Crippen LogP contribution is -2.40. The Labute approximate surface area is 147 Å². The van der Waals surface area contributed by atoms with Crippen molar-refractivity contribution in [3.63, 3.8) is 0 Å². The fourth-order valence-corrected chi connectivity index (χ4v) is 3.82. The summed E-state index contributed by atoms with van der Waals surface area (Å²) in [5, 5.41) is 7.33. The summed E-state index contributed by atoms with van der Waals surface area (Å²) >= 11 is 0. The minimum Gasteiger partial charge on any atom is -0.497 e. The summed E-state index contributed by atoms with van der Waals surface area (Å²) in [4.78, 5) is 15.1. The van der Waals surface area contributed by atoms with E-state index in [9.17, 15) is 4.79 Å². The number of carbonyl (C=O) groups excluding carboxylic acids is 1. The third-order valence-electron chi connectivity index (χ3n) is 5.17. The summed E-state index contributed by atoms with van der Waals surface area (Å²) in [5.74, 6) is 0.807. The molecule has 0 spiro atoms. The van der Waals surface area contributed by atoms with Crippen LogP contribution in [0.1, 0.15) is 41.2 Å². The number of hydrogen-bond donors (Lipinski definition) is 1. The fourth-order valence-electron chi connectivity index (χ4n) is 3.82. The highest BCUT2D eigenvalue weighted by Gasteiger charge is 2.43. The third kappa shape index (κ3) is 3.26. The van der Waals surface area contributed by atoms with E-state index in [0.717, 1.165) is 18.7 Å². The number of carbonyl (C=O) groups is 1. The van der Waals surface area contributed by atoms with Crippen molar-refractivity contribution >= 4 is 5.91 Å². The Hall–Kier alpha value is -2.34. The molecular weight excluding hydrogens is 316 g/mol.